The van der Waals surface area contributed by atoms with Gasteiger partial charge >= 0.3 is 0 Å². The summed E-state index contributed by atoms with van der Waals surface area (Å²) in [6.45, 7) is 3.34. The highest BCUT2D eigenvalue weighted by atomic mass is 79.9. The minimum atomic E-state index is -0.150. The molecule has 0 radical (unpaired) electrons. The molecule has 0 amide bonds. The van der Waals surface area contributed by atoms with Gasteiger partial charge in [-0.2, -0.15) is 0 Å². The normalized spacial score (nSPS) is 21.2. The second-order valence-electron chi connectivity index (χ2n) is 4.44. The summed E-state index contributed by atoms with van der Waals surface area (Å²) in [5, 5.41) is 0.712. The number of nitrogens with zero attached hydrogens (tertiary/aromatic N) is 1. The molecular weight excluding hydrogens is 269 g/mol. The van der Waals surface area contributed by atoms with Crippen LogP contribution in [-0.4, -0.2) is 12.6 Å². The lowest BCUT2D eigenvalue weighted by Crippen LogP contribution is -2.37. The smallest absolute Gasteiger partial charge is 0.123 e. The molecule has 1 unspecified atom stereocenters. The van der Waals surface area contributed by atoms with E-state index in [0.29, 0.717) is 11.4 Å². The molecule has 1 fully saturated rings. The fourth-order valence-electron chi connectivity index (χ4n) is 2.40. The van der Waals surface area contributed by atoms with Crippen molar-refractivity contribution in [2.75, 3.05) is 11.4 Å². The minimum Gasteiger partial charge on any atom is -0.369 e. The second kappa shape index (κ2) is 5.17. The predicted octanol–water partition coefficient (Wildman–Crippen LogP) is 4.10. The van der Waals surface area contributed by atoms with Crippen molar-refractivity contribution in [2.24, 2.45) is 0 Å². The number of alkyl halides is 1. The summed E-state index contributed by atoms with van der Waals surface area (Å²) in [6, 6.07) is 5.67. The van der Waals surface area contributed by atoms with Crippen molar-refractivity contribution in [1.82, 2.24) is 0 Å². The molecule has 1 atom stereocenters. The van der Waals surface area contributed by atoms with Gasteiger partial charge in [0.25, 0.3) is 0 Å². The average molecular weight is 286 g/mol. The van der Waals surface area contributed by atoms with Crippen LogP contribution in [0.4, 0.5) is 10.1 Å². The number of piperidine rings is 1. The number of halogens is 2. The quantitative estimate of drug-likeness (QED) is 0.740. The van der Waals surface area contributed by atoms with Crippen molar-refractivity contribution >= 4 is 21.6 Å². The molecule has 3 heteroatoms. The Kier molecular flexibility index (Phi) is 3.85. The molecule has 1 aromatic rings. The average Bonchev–Trinajstić information content (AvgIpc) is 2.30. The topological polar surface area (TPSA) is 3.24 Å². The van der Waals surface area contributed by atoms with Gasteiger partial charge in [0.15, 0.2) is 0 Å². The van der Waals surface area contributed by atoms with Gasteiger partial charge in [-0.05, 0) is 49.9 Å². The summed E-state index contributed by atoms with van der Waals surface area (Å²) < 4.78 is 13.2. The monoisotopic (exact) mass is 285 g/mol. The molecule has 0 spiro atoms. The zero-order chi connectivity index (χ0) is 11.5. The first kappa shape index (κ1) is 11.9. The van der Waals surface area contributed by atoms with Gasteiger partial charge in [-0.25, -0.2) is 4.39 Å². The lowest BCUT2D eigenvalue weighted by Gasteiger charge is -2.36. The first-order valence-corrected chi connectivity index (χ1v) is 6.95. The Balaban J connectivity index is 2.30. The van der Waals surface area contributed by atoms with Crippen molar-refractivity contribution < 1.29 is 4.39 Å². The van der Waals surface area contributed by atoms with Crippen LogP contribution in [0.2, 0.25) is 0 Å². The standard InChI is InChI=1S/C13H17BrFN/c1-10-4-2-3-7-16(10)13-6-5-12(15)8-11(13)9-14/h5-6,8,10H,2-4,7,9H2,1H3. The molecule has 2 rings (SSSR count). The maximum absolute atomic E-state index is 13.2. The predicted molar refractivity (Wildman–Crippen MR) is 69.7 cm³/mol. The molecule has 16 heavy (non-hydrogen) atoms. The Morgan fingerprint density at radius 1 is 1.44 bits per heavy atom. The van der Waals surface area contributed by atoms with E-state index in [-0.39, 0.29) is 5.82 Å². The van der Waals surface area contributed by atoms with E-state index in [2.05, 4.69) is 27.8 Å². The Morgan fingerprint density at radius 3 is 2.94 bits per heavy atom. The molecule has 1 aliphatic heterocycles. The largest absolute Gasteiger partial charge is 0.369 e. The SMILES string of the molecule is CC1CCCCN1c1ccc(F)cc1CBr. The molecule has 0 aliphatic carbocycles. The highest BCUT2D eigenvalue weighted by molar-refractivity contribution is 9.08. The van der Waals surface area contributed by atoms with Crippen LogP contribution in [0.15, 0.2) is 18.2 Å². The summed E-state index contributed by atoms with van der Waals surface area (Å²) in [4.78, 5) is 2.40. The second-order valence-corrected chi connectivity index (χ2v) is 5.01. The molecule has 1 nitrogen and oxygen atoms in total. The van der Waals surface area contributed by atoms with Gasteiger partial charge in [-0.15, -0.1) is 0 Å². The molecule has 0 N–H and O–H groups in total. The van der Waals surface area contributed by atoms with Crippen LogP contribution >= 0.6 is 15.9 Å². The molecule has 1 saturated heterocycles. The number of anilines is 1. The van der Waals surface area contributed by atoms with Crippen LogP contribution in [0, 0.1) is 5.82 Å². The fraction of sp³-hybridized carbons (Fsp3) is 0.538. The van der Waals surface area contributed by atoms with E-state index in [4.69, 9.17) is 0 Å². The Morgan fingerprint density at radius 2 is 2.25 bits per heavy atom. The maximum Gasteiger partial charge on any atom is 0.123 e. The van der Waals surface area contributed by atoms with Crippen LogP contribution in [0.25, 0.3) is 0 Å². The minimum absolute atomic E-state index is 0.150. The highest BCUT2D eigenvalue weighted by Gasteiger charge is 2.20. The lowest BCUT2D eigenvalue weighted by atomic mass is 10.0. The summed E-state index contributed by atoms with van der Waals surface area (Å²) >= 11 is 3.44. The first-order chi connectivity index (χ1) is 7.72. The van der Waals surface area contributed by atoms with Gasteiger partial charge in [0.2, 0.25) is 0 Å². The Hall–Kier alpha value is -0.570. The maximum atomic E-state index is 13.2. The highest BCUT2D eigenvalue weighted by Crippen LogP contribution is 2.29. The van der Waals surface area contributed by atoms with Crippen molar-refractivity contribution in [3.63, 3.8) is 0 Å². The molecular formula is C13H17BrFN. The van der Waals surface area contributed by atoms with Gasteiger partial charge in [0.05, 0.1) is 0 Å². The fourth-order valence-corrected chi connectivity index (χ4v) is 2.85. The number of rotatable bonds is 2. The molecule has 1 aliphatic rings. The Bertz CT molecular complexity index is 367. The van der Waals surface area contributed by atoms with E-state index in [9.17, 15) is 4.39 Å². The van der Waals surface area contributed by atoms with Crippen LogP contribution < -0.4 is 4.90 Å². The van der Waals surface area contributed by atoms with E-state index in [1.165, 1.54) is 24.9 Å². The molecule has 0 aromatic heterocycles. The molecule has 0 bridgehead atoms. The number of benzene rings is 1. The van der Waals surface area contributed by atoms with Crippen molar-refractivity contribution in [3.05, 3.63) is 29.6 Å². The van der Waals surface area contributed by atoms with Crippen molar-refractivity contribution in [3.8, 4) is 0 Å². The van der Waals surface area contributed by atoms with Gasteiger partial charge < -0.3 is 4.90 Å². The molecule has 0 saturated carbocycles. The van der Waals surface area contributed by atoms with E-state index < -0.39 is 0 Å². The lowest BCUT2D eigenvalue weighted by molar-refractivity contribution is 0.483. The summed E-state index contributed by atoms with van der Waals surface area (Å²) in [5.74, 6) is -0.150. The summed E-state index contributed by atoms with van der Waals surface area (Å²) in [5.41, 5.74) is 2.24. The zero-order valence-electron chi connectivity index (χ0n) is 9.55. The van der Waals surface area contributed by atoms with Crippen molar-refractivity contribution in [2.45, 2.75) is 37.6 Å². The summed E-state index contributed by atoms with van der Waals surface area (Å²) in [7, 11) is 0. The number of hydrogen-bond acceptors (Lipinski definition) is 1. The van der Waals surface area contributed by atoms with Gasteiger partial charge in [0.1, 0.15) is 5.82 Å². The van der Waals surface area contributed by atoms with Gasteiger partial charge in [0, 0.05) is 23.6 Å². The van der Waals surface area contributed by atoms with Crippen LogP contribution in [-0.2, 0) is 5.33 Å². The third-order valence-electron chi connectivity index (χ3n) is 3.30. The van der Waals surface area contributed by atoms with E-state index in [1.807, 2.05) is 6.07 Å². The summed E-state index contributed by atoms with van der Waals surface area (Å²) in [6.07, 6.45) is 3.78. The van der Waals surface area contributed by atoms with E-state index in [0.717, 1.165) is 12.1 Å². The molecule has 1 aromatic carbocycles. The zero-order valence-corrected chi connectivity index (χ0v) is 11.1. The van der Waals surface area contributed by atoms with Crippen LogP contribution in [0.1, 0.15) is 31.7 Å². The van der Waals surface area contributed by atoms with E-state index in [1.54, 1.807) is 12.1 Å². The molecule has 88 valence electrons. The molecule has 1 heterocycles. The van der Waals surface area contributed by atoms with E-state index >= 15 is 0 Å². The van der Waals surface area contributed by atoms with Crippen LogP contribution in [0.5, 0.6) is 0 Å². The van der Waals surface area contributed by atoms with Crippen molar-refractivity contribution in [1.29, 1.82) is 0 Å². The van der Waals surface area contributed by atoms with Crippen LogP contribution in [0.3, 0.4) is 0 Å². The Labute approximate surface area is 105 Å². The third kappa shape index (κ3) is 2.40. The number of hydrogen-bond donors (Lipinski definition) is 0. The third-order valence-corrected chi connectivity index (χ3v) is 3.90. The van der Waals surface area contributed by atoms with Gasteiger partial charge in [-0.3, -0.25) is 0 Å². The first-order valence-electron chi connectivity index (χ1n) is 5.83. The van der Waals surface area contributed by atoms with Gasteiger partial charge in [-0.1, -0.05) is 15.9 Å².